The number of benzene rings is 2. The van der Waals surface area contributed by atoms with E-state index in [2.05, 4.69) is 5.32 Å². The maximum Gasteiger partial charge on any atom is 0.339 e. The molecule has 3 rings (SSSR count). The number of esters is 1. The van der Waals surface area contributed by atoms with Gasteiger partial charge >= 0.3 is 5.97 Å². The largest absolute Gasteiger partial charge is 0.448 e. The Morgan fingerprint density at radius 3 is 2.83 bits per heavy atom. The summed E-state index contributed by atoms with van der Waals surface area (Å²) in [6.07, 6.45) is 1.55. The number of amides is 1. The number of hydrogen-bond donors (Lipinski definition) is 1. The van der Waals surface area contributed by atoms with E-state index in [1.165, 1.54) is 0 Å². The van der Waals surface area contributed by atoms with Gasteiger partial charge in [-0.15, -0.1) is 11.8 Å². The van der Waals surface area contributed by atoms with Crippen LogP contribution >= 0.6 is 11.8 Å². The Morgan fingerprint density at radius 2 is 2.04 bits per heavy atom. The minimum Gasteiger partial charge on any atom is -0.448 e. The van der Waals surface area contributed by atoms with Crippen molar-refractivity contribution in [1.29, 1.82) is 0 Å². The molecule has 2 aromatic rings. The molecule has 0 fully saturated rings. The number of aryl methyl sites for hydroxylation is 1. The summed E-state index contributed by atoms with van der Waals surface area (Å²) >= 11 is 1.55. The summed E-state index contributed by atoms with van der Waals surface area (Å²) < 4.78 is 5.30. The van der Waals surface area contributed by atoms with Crippen molar-refractivity contribution in [3.8, 4) is 0 Å². The monoisotopic (exact) mass is 327 g/mol. The Bertz CT molecular complexity index is 773. The van der Waals surface area contributed by atoms with Gasteiger partial charge in [-0.05, 0) is 36.9 Å². The van der Waals surface area contributed by atoms with Crippen molar-refractivity contribution in [1.82, 2.24) is 0 Å². The molecular formula is C18H17NO3S. The quantitative estimate of drug-likeness (QED) is 0.693. The van der Waals surface area contributed by atoms with Crippen LogP contribution in [0.2, 0.25) is 0 Å². The van der Waals surface area contributed by atoms with Crippen molar-refractivity contribution in [3.05, 3.63) is 59.2 Å². The zero-order valence-corrected chi connectivity index (χ0v) is 13.8. The van der Waals surface area contributed by atoms with Crippen molar-refractivity contribution in [2.24, 2.45) is 0 Å². The Hall–Kier alpha value is -2.27. The first-order chi connectivity index (χ1) is 11.1. The fourth-order valence-corrected chi connectivity index (χ4v) is 3.19. The molecule has 0 spiro atoms. The molecule has 1 aliphatic heterocycles. The topological polar surface area (TPSA) is 55.4 Å². The van der Waals surface area contributed by atoms with Gasteiger partial charge in [0, 0.05) is 11.3 Å². The van der Waals surface area contributed by atoms with Gasteiger partial charge in [0.05, 0.1) is 11.3 Å². The fraction of sp³-hybridized carbons (Fsp3) is 0.222. The predicted octanol–water partition coefficient (Wildman–Crippen LogP) is 3.44. The summed E-state index contributed by atoms with van der Waals surface area (Å²) in [6.45, 7) is 1.96. The highest BCUT2D eigenvalue weighted by molar-refractivity contribution is 7.98. The summed E-state index contributed by atoms with van der Waals surface area (Å²) in [4.78, 5) is 25.5. The van der Waals surface area contributed by atoms with E-state index in [9.17, 15) is 9.59 Å². The minimum absolute atomic E-state index is 0.299. The van der Waals surface area contributed by atoms with Gasteiger partial charge in [0.2, 0.25) is 0 Å². The molecule has 0 bridgehead atoms. The Kier molecular flexibility index (Phi) is 4.39. The van der Waals surface area contributed by atoms with Gasteiger partial charge in [-0.25, -0.2) is 4.79 Å². The first kappa shape index (κ1) is 15.6. The minimum atomic E-state index is -0.799. The van der Waals surface area contributed by atoms with Gasteiger partial charge in [-0.2, -0.15) is 0 Å². The van der Waals surface area contributed by atoms with Crippen molar-refractivity contribution in [3.63, 3.8) is 0 Å². The second-order valence-electron chi connectivity index (χ2n) is 5.45. The summed E-state index contributed by atoms with van der Waals surface area (Å²) in [7, 11) is 0. The molecule has 2 aromatic carbocycles. The van der Waals surface area contributed by atoms with E-state index in [0.29, 0.717) is 12.0 Å². The lowest BCUT2D eigenvalue weighted by Gasteiger charge is -2.24. The van der Waals surface area contributed by atoms with Gasteiger partial charge < -0.3 is 10.1 Å². The molecule has 0 aliphatic carbocycles. The molecule has 0 radical (unpaired) electrons. The maximum absolute atomic E-state index is 12.5. The summed E-state index contributed by atoms with van der Waals surface area (Å²) in [6, 6.07) is 13.1. The van der Waals surface area contributed by atoms with E-state index in [4.69, 9.17) is 4.74 Å². The number of carbonyl (C=O) groups is 2. The van der Waals surface area contributed by atoms with Crippen LogP contribution in [0.4, 0.5) is 5.69 Å². The highest BCUT2D eigenvalue weighted by Crippen LogP contribution is 2.26. The summed E-state index contributed by atoms with van der Waals surface area (Å²) in [5, 5.41) is 2.86. The molecule has 1 heterocycles. The Balaban J connectivity index is 1.80. The van der Waals surface area contributed by atoms with Crippen molar-refractivity contribution < 1.29 is 14.3 Å². The lowest BCUT2D eigenvalue weighted by atomic mass is 9.96. The molecule has 0 saturated heterocycles. The summed E-state index contributed by atoms with van der Waals surface area (Å²) in [5.41, 5.74) is 3.20. The highest BCUT2D eigenvalue weighted by atomic mass is 32.2. The lowest BCUT2D eigenvalue weighted by molar-refractivity contribution is -0.125. The first-order valence-corrected chi connectivity index (χ1v) is 8.55. The molecule has 1 N–H and O–H groups in total. The zero-order chi connectivity index (χ0) is 16.4. The molecule has 5 heteroatoms. The van der Waals surface area contributed by atoms with Crippen LogP contribution in [0.25, 0.3) is 0 Å². The Morgan fingerprint density at radius 1 is 1.26 bits per heavy atom. The molecular weight excluding hydrogens is 310 g/mol. The van der Waals surface area contributed by atoms with Crippen LogP contribution < -0.4 is 5.32 Å². The van der Waals surface area contributed by atoms with Crippen LogP contribution in [0.5, 0.6) is 0 Å². The summed E-state index contributed by atoms with van der Waals surface area (Å²) in [5.74, 6) is -0.739. The highest BCUT2D eigenvalue weighted by Gasteiger charge is 2.31. The molecule has 1 aliphatic rings. The smallest absolute Gasteiger partial charge is 0.339 e. The number of para-hydroxylation sites is 1. The van der Waals surface area contributed by atoms with E-state index >= 15 is 0 Å². The number of fused-ring (bicyclic) bond motifs is 1. The normalized spacial score (nSPS) is 16.4. The molecule has 1 atom stereocenters. The van der Waals surface area contributed by atoms with Crippen LogP contribution in [-0.2, 0) is 16.0 Å². The van der Waals surface area contributed by atoms with Crippen molar-refractivity contribution in [2.45, 2.75) is 24.3 Å². The van der Waals surface area contributed by atoms with E-state index in [1.54, 1.807) is 17.8 Å². The lowest BCUT2D eigenvalue weighted by Crippen LogP contribution is -2.38. The number of carbonyl (C=O) groups excluding carboxylic acids is 2. The van der Waals surface area contributed by atoms with Crippen molar-refractivity contribution >= 4 is 29.3 Å². The number of rotatable bonds is 3. The predicted molar refractivity (Wildman–Crippen MR) is 90.9 cm³/mol. The second kappa shape index (κ2) is 6.46. The van der Waals surface area contributed by atoms with Crippen LogP contribution in [0, 0.1) is 6.92 Å². The fourth-order valence-electron chi connectivity index (χ4n) is 2.63. The molecule has 23 heavy (non-hydrogen) atoms. The van der Waals surface area contributed by atoms with Gasteiger partial charge in [0.25, 0.3) is 5.91 Å². The third kappa shape index (κ3) is 3.24. The number of anilines is 1. The van der Waals surface area contributed by atoms with Gasteiger partial charge in [0.15, 0.2) is 6.10 Å². The first-order valence-electron chi connectivity index (χ1n) is 7.33. The SMILES string of the molecule is CSc1ccccc1NC(=O)C1Cc2cc(C)ccc2C(=O)O1. The van der Waals surface area contributed by atoms with Gasteiger partial charge in [-0.1, -0.05) is 29.8 Å². The van der Waals surface area contributed by atoms with E-state index in [1.807, 2.05) is 49.6 Å². The number of hydrogen-bond acceptors (Lipinski definition) is 4. The number of nitrogens with one attached hydrogen (secondary N) is 1. The number of thioether (sulfide) groups is 1. The third-order valence-electron chi connectivity index (χ3n) is 3.79. The van der Waals surface area contributed by atoms with Crippen LogP contribution in [-0.4, -0.2) is 24.2 Å². The number of cyclic esters (lactones) is 1. The average Bonchev–Trinajstić information content (AvgIpc) is 2.54. The molecule has 1 unspecified atom stereocenters. The molecule has 118 valence electrons. The standard InChI is InChI=1S/C18H17NO3S/c1-11-7-8-13-12(9-11)10-15(22-18(13)21)17(20)19-14-5-3-4-6-16(14)23-2/h3-9,15H,10H2,1-2H3,(H,19,20). The van der Waals surface area contributed by atoms with E-state index in [0.717, 1.165) is 21.7 Å². The van der Waals surface area contributed by atoms with Crippen molar-refractivity contribution in [2.75, 3.05) is 11.6 Å². The maximum atomic E-state index is 12.5. The average molecular weight is 327 g/mol. The number of ether oxygens (including phenoxy) is 1. The van der Waals surface area contributed by atoms with E-state index in [-0.39, 0.29) is 5.91 Å². The third-order valence-corrected chi connectivity index (χ3v) is 4.59. The molecule has 0 saturated carbocycles. The van der Waals surface area contributed by atoms with Crippen LogP contribution in [0.15, 0.2) is 47.4 Å². The molecule has 4 nitrogen and oxygen atoms in total. The van der Waals surface area contributed by atoms with Crippen LogP contribution in [0.1, 0.15) is 21.5 Å². The molecule has 0 aromatic heterocycles. The van der Waals surface area contributed by atoms with Gasteiger partial charge in [-0.3, -0.25) is 4.79 Å². The van der Waals surface area contributed by atoms with Gasteiger partial charge in [0.1, 0.15) is 0 Å². The second-order valence-corrected chi connectivity index (χ2v) is 6.30. The van der Waals surface area contributed by atoms with E-state index < -0.39 is 12.1 Å². The Labute approximate surface area is 139 Å². The van der Waals surface area contributed by atoms with Crippen LogP contribution in [0.3, 0.4) is 0 Å². The zero-order valence-electron chi connectivity index (χ0n) is 13.0. The molecule has 1 amide bonds.